The second-order valence-electron chi connectivity index (χ2n) is 3.91. The van der Waals surface area contributed by atoms with Gasteiger partial charge in [-0.05, 0) is 43.7 Å². The molecule has 0 aliphatic rings. The van der Waals surface area contributed by atoms with Gasteiger partial charge in [0, 0.05) is 5.69 Å². The van der Waals surface area contributed by atoms with Gasteiger partial charge in [0.15, 0.2) is 0 Å². The van der Waals surface area contributed by atoms with Crippen molar-refractivity contribution in [3.8, 4) is 5.75 Å². The van der Waals surface area contributed by atoms with Crippen LogP contribution in [0.15, 0.2) is 18.2 Å². The summed E-state index contributed by atoms with van der Waals surface area (Å²) in [6, 6.07) is 5.59. The number of carbonyl (C=O) groups is 1. The van der Waals surface area contributed by atoms with Crippen LogP contribution in [0.25, 0.3) is 0 Å². The van der Waals surface area contributed by atoms with Crippen LogP contribution in [0.5, 0.6) is 5.75 Å². The van der Waals surface area contributed by atoms with Gasteiger partial charge in [0.05, 0.1) is 13.7 Å². The van der Waals surface area contributed by atoms with Gasteiger partial charge in [-0.3, -0.25) is 4.79 Å². The summed E-state index contributed by atoms with van der Waals surface area (Å²) in [5.41, 5.74) is 1.80. The molecule has 0 unspecified atom stereocenters. The maximum Gasteiger partial charge on any atom is 0.238 e. The van der Waals surface area contributed by atoms with E-state index in [0.717, 1.165) is 30.0 Å². The Balaban J connectivity index is 2.51. The normalized spacial score (nSPS) is 10.1. The first kappa shape index (κ1) is 13.5. The zero-order valence-electron chi connectivity index (χ0n) is 10.7. The van der Waals surface area contributed by atoms with Crippen molar-refractivity contribution in [2.45, 2.75) is 20.3 Å². The van der Waals surface area contributed by atoms with E-state index in [9.17, 15) is 4.79 Å². The third kappa shape index (κ3) is 4.44. The van der Waals surface area contributed by atoms with Gasteiger partial charge in [0.1, 0.15) is 5.75 Å². The van der Waals surface area contributed by atoms with Gasteiger partial charge < -0.3 is 15.4 Å². The number of hydrogen-bond acceptors (Lipinski definition) is 3. The molecule has 2 N–H and O–H groups in total. The fourth-order valence-electron chi connectivity index (χ4n) is 1.54. The van der Waals surface area contributed by atoms with Gasteiger partial charge in [-0.15, -0.1) is 0 Å². The Morgan fingerprint density at radius 3 is 2.76 bits per heavy atom. The van der Waals surface area contributed by atoms with Crippen molar-refractivity contribution in [1.82, 2.24) is 5.32 Å². The van der Waals surface area contributed by atoms with Crippen molar-refractivity contribution in [3.63, 3.8) is 0 Å². The lowest BCUT2D eigenvalue weighted by molar-refractivity contribution is -0.115. The number of methoxy groups -OCH3 is 1. The van der Waals surface area contributed by atoms with Gasteiger partial charge >= 0.3 is 0 Å². The molecule has 1 amide bonds. The number of carbonyl (C=O) groups excluding carboxylic acids is 1. The number of nitrogens with one attached hydrogen (secondary N) is 2. The highest BCUT2D eigenvalue weighted by molar-refractivity contribution is 5.92. The lowest BCUT2D eigenvalue weighted by Crippen LogP contribution is -2.28. The largest absolute Gasteiger partial charge is 0.496 e. The van der Waals surface area contributed by atoms with E-state index in [0.29, 0.717) is 6.54 Å². The highest BCUT2D eigenvalue weighted by Crippen LogP contribution is 2.21. The summed E-state index contributed by atoms with van der Waals surface area (Å²) in [5.74, 6) is 0.801. The zero-order valence-corrected chi connectivity index (χ0v) is 10.7. The quantitative estimate of drug-likeness (QED) is 0.742. The Morgan fingerprint density at radius 2 is 2.18 bits per heavy atom. The van der Waals surface area contributed by atoms with Crippen LogP contribution in [-0.2, 0) is 4.79 Å². The Kier molecular flexibility index (Phi) is 5.49. The van der Waals surface area contributed by atoms with Crippen LogP contribution < -0.4 is 15.4 Å². The number of amides is 1. The summed E-state index contributed by atoms with van der Waals surface area (Å²) in [4.78, 5) is 11.5. The third-order valence-corrected chi connectivity index (χ3v) is 2.39. The van der Waals surface area contributed by atoms with Gasteiger partial charge in [-0.1, -0.05) is 6.92 Å². The van der Waals surface area contributed by atoms with E-state index in [1.165, 1.54) is 0 Å². The minimum absolute atomic E-state index is 0.0250. The fraction of sp³-hybridized carbons (Fsp3) is 0.462. The van der Waals surface area contributed by atoms with Crippen LogP contribution in [0.3, 0.4) is 0 Å². The average Bonchev–Trinajstić information content (AvgIpc) is 2.29. The summed E-state index contributed by atoms with van der Waals surface area (Å²) in [5, 5.41) is 5.89. The molecule has 0 heterocycles. The van der Waals surface area contributed by atoms with Crippen molar-refractivity contribution in [2.75, 3.05) is 25.5 Å². The first-order chi connectivity index (χ1) is 8.17. The van der Waals surface area contributed by atoms with Crippen LogP contribution in [0, 0.1) is 6.92 Å². The second kappa shape index (κ2) is 6.91. The summed E-state index contributed by atoms with van der Waals surface area (Å²) in [6.45, 7) is 5.22. The third-order valence-electron chi connectivity index (χ3n) is 2.39. The van der Waals surface area contributed by atoms with E-state index in [2.05, 4.69) is 17.6 Å². The first-order valence-electron chi connectivity index (χ1n) is 5.82. The van der Waals surface area contributed by atoms with Crippen molar-refractivity contribution >= 4 is 11.6 Å². The zero-order chi connectivity index (χ0) is 12.7. The predicted octanol–water partition coefficient (Wildman–Crippen LogP) is 1.94. The molecule has 1 rings (SSSR count). The van der Waals surface area contributed by atoms with Crippen LogP contribution in [0.1, 0.15) is 18.9 Å². The number of hydrogen-bond donors (Lipinski definition) is 2. The molecule has 0 bridgehead atoms. The molecule has 0 aliphatic carbocycles. The summed E-state index contributed by atoms with van der Waals surface area (Å²) in [6.07, 6.45) is 1.02. The molecule has 0 saturated carbocycles. The molecule has 0 spiro atoms. The number of aryl methyl sites for hydroxylation is 1. The maximum absolute atomic E-state index is 11.5. The highest BCUT2D eigenvalue weighted by atomic mass is 16.5. The summed E-state index contributed by atoms with van der Waals surface area (Å²) >= 11 is 0. The number of rotatable bonds is 6. The van der Waals surface area contributed by atoms with Crippen molar-refractivity contribution < 1.29 is 9.53 Å². The first-order valence-corrected chi connectivity index (χ1v) is 5.82. The molecule has 1 aromatic carbocycles. The SMILES string of the molecule is CCCNCC(=O)Nc1ccc(OC)c(C)c1. The Morgan fingerprint density at radius 1 is 1.41 bits per heavy atom. The molecule has 0 aliphatic heterocycles. The Bertz CT molecular complexity index is 378. The van der Waals surface area contributed by atoms with Crippen LogP contribution in [0.2, 0.25) is 0 Å². The molecule has 17 heavy (non-hydrogen) atoms. The smallest absolute Gasteiger partial charge is 0.238 e. The monoisotopic (exact) mass is 236 g/mol. The highest BCUT2D eigenvalue weighted by Gasteiger charge is 2.03. The van der Waals surface area contributed by atoms with Gasteiger partial charge in [-0.25, -0.2) is 0 Å². The van der Waals surface area contributed by atoms with E-state index in [-0.39, 0.29) is 5.91 Å². The predicted molar refractivity (Wildman–Crippen MR) is 69.5 cm³/mol. The van der Waals surface area contributed by atoms with Crippen molar-refractivity contribution in [3.05, 3.63) is 23.8 Å². The molecule has 4 heteroatoms. The van der Waals surface area contributed by atoms with E-state index < -0.39 is 0 Å². The lowest BCUT2D eigenvalue weighted by Gasteiger charge is -2.09. The summed E-state index contributed by atoms with van der Waals surface area (Å²) in [7, 11) is 1.63. The Hall–Kier alpha value is -1.55. The molecule has 1 aromatic rings. The van der Waals surface area contributed by atoms with E-state index in [4.69, 9.17) is 4.74 Å². The summed E-state index contributed by atoms with van der Waals surface area (Å²) < 4.78 is 5.16. The number of anilines is 1. The molecule has 0 aromatic heterocycles. The minimum atomic E-state index is -0.0250. The van der Waals surface area contributed by atoms with Crippen LogP contribution in [0.4, 0.5) is 5.69 Å². The molecular formula is C13H20N2O2. The Labute approximate surface area is 102 Å². The minimum Gasteiger partial charge on any atom is -0.496 e. The fourth-order valence-corrected chi connectivity index (χ4v) is 1.54. The van der Waals surface area contributed by atoms with Crippen molar-refractivity contribution in [1.29, 1.82) is 0 Å². The molecule has 0 radical (unpaired) electrons. The lowest BCUT2D eigenvalue weighted by atomic mass is 10.2. The molecule has 4 nitrogen and oxygen atoms in total. The standard InChI is InChI=1S/C13H20N2O2/c1-4-7-14-9-13(16)15-11-5-6-12(17-3)10(2)8-11/h5-6,8,14H,4,7,9H2,1-3H3,(H,15,16). The van der Waals surface area contributed by atoms with Crippen LogP contribution >= 0.6 is 0 Å². The van der Waals surface area contributed by atoms with Gasteiger partial charge in [0.2, 0.25) is 5.91 Å². The van der Waals surface area contributed by atoms with E-state index in [1.807, 2.05) is 25.1 Å². The topological polar surface area (TPSA) is 50.4 Å². The maximum atomic E-state index is 11.5. The molecule has 0 fully saturated rings. The molecule has 94 valence electrons. The molecule has 0 atom stereocenters. The second-order valence-corrected chi connectivity index (χ2v) is 3.91. The van der Waals surface area contributed by atoms with Gasteiger partial charge in [0.25, 0.3) is 0 Å². The van der Waals surface area contributed by atoms with Gasteiger partial charge in [-0.2, -0.15) is 0 Å². The van der Waals surface area contributed by atoms with Crippen molar-refractivity contribution in [2.24, 2.45) is 0 Å². The number of ether oxygens (including phenoxy) is 1. The average molecular weight is 236 g/mol. The molecular weight excluding hydrogens is 216 g/mol. The molecule has 0 saturated heterocycles. The van der Waals surface area contributed by atoms with E-state index in [1.54, 1.807) is 7.11 Å². The number of benzene rings is 1. The van der Waals surface area contributed by atoms with E-state index >= 15 is 0 Å². The van der Waals surface area contributed by atoms with Crippen LogP contribution in [-0.4, -0.2) is 26.1 Å².